The molecule has 0 amide bonds. The number of halogens is 2. The molecular weight excluding hydrogens is 207 g/mol. The molecule has 1 N–H and O–H groups in total. The Kier molecular flexibility index (Phi) is 4.62. The van der Waals surface area contributed by atoms with Crippen molar-refractivity contribution in [1.29, 1.82) is 0 Å². The van der Waals surface area contributed by atoms with Gasteiger partial charge in [0, 0.05) is 19.3 Å². The fourth-order valence-electron chi connectivity index (χ4n) is 0.931. The van der Waals surface area contributed by atoms with Crippen LogP contribution in [0.4, 0.5) is 10.2 Å². The van der Waals surface area contributed by atoms with Crippen LogP contribution in [-0.4, -0.2) is 24.7 Å². The summed E-state index contributed by atoms with van der Waals surface area (Å²) in [5, 5.41) is 3.09. The number of hydrogen-bond acceptors (Lipinski definition) is 3. The molecular formula is C9H12ClFN2O. The van der Waals surface area contributed by atoms with Crippen molar-refractivity contribution in [3.05, 3.63) is 23.1 Å². The van der Waals surface area contributed by atoms with E-state index in [9.17, 15) is 4.39 Å². The molecule has 0 bridgehead atoms. The second-order valence-electron chi connectivity index (χ2n) is 2.61. The van der Waals surface area contributed by atoms with Gasteiger partial charge in [0.25, 0.3) is 0 Å². The van der Waals surface area contributed by atoms with E-state index in [0.717, 1.165) is 0 Å². The number of pyridine rings is 1. The minimum absolute atomic E-state index is 0.203. The first-order valence-electron chi connectivity index (χ1n) is 4.36. The van der Waals surface area contributed by atoms with Gasteiger partial charge in [-0.15, -0.1) is 0 Å². The Hall–Kier alpha value is -0.870. The standard InChI is InChI=1S/C9H12ClFN2O/c1-2-14-4-3-12-9-8(11)5-7(10)6-13-9/h5-6H,2-4H2,1H3,(H,12,13). The fraction of sp³-hybridized carbons (Fsp3) is 0.444. The highest BCUT2D eigenvalue weighted by atomic mass is 35.5. The zero-order chi connectivity index (χ0) is 10.4. The van der Waals surface area contributed by atoms with Gasteiger partial charge >= 0.3 is 0 Å². The quantitative estimate of drug-likeness (QED) is 0.771. The van der Waals surface area contributed by atoms with Gasteiger partial charge in [0.2, 0.25) is 0 Å². The molecule has 1 aromatic heterocycles. The summed E-state index contributed by atoms with van der Waals surface area (Å²) >= 11 is 5.55. The second-order valence-corrected chi connectivity index (χ2v) is 3.04. The van der Waals surface area contributed by atoms with Crippen molar-refractivity contribution in [3.8, 4) is 0 Å². The van der Waals surface area contributed by atoms with Gasteiger partial charge in [-0.1, -0.05) is 11.6 Å². The van der Waals surface area contributed by atoms with Gasteiger partial charge in [-0.05, 0) is 13.0 Å². The molecule has 0 atom stereocenters. The number of nitrogens with one attached hydrogen (secondary N) is 1. The van der Waals surface area contributed by atoms with Gasteiger partial charge in [0.1, 0.15) is 0 Å². The zero-order valence-corrected chi connectivity index (χ0v) is 8.64. The maximum Gasteiger partial charge on any atom is 0.166 e. The first kappa shape index (κ1) is 11.2. The summed E-state index contributed by atoms with van der Waals surface area (Å²) in [7, 11) is 0. The lowest BCUT2D eigenvalue weighted by atomic mass is 10.4. The van der Waals surface area contributed by atoms with E-state index in [1.54, 1.807) is 0 Å². The van der Waals surface area contributed by atoms with Crippen molar-refractivity contribution in [1.82, 2.24) is 4.98 Å². The van der Waals surface area contributed by atoms with Crippen LogP contribution >= 0.6 is 11.6 Å². The van der Waals surface area contributed by atoms with Crippen molar-refractivity contribution in [2.75, 3.05) is 25.1 Å². The molecule has 0 aromatic carbocycles. The van der Waals surface area contributed by atoms with Crippen LogP contribution in [0.25, 0.3) is 0 Å². The van der Waals surface area contributed by atoms with E-state index in [-0.39, 0.29) is 10.8 Å². The van der Waals surface area contributed by atoms with Crippen LogP contribution in [-0.2, 0) is 4.74 Å². The normalized spacial score (nSPS) is 10.2. The molecule has 0 fully saturated rings. The van der Waals surface area contributed by atoms with E-state index >= 15 is 0 Å². The van der Waals surface area contributed by atoms with Crippen LogP contribution in [0.15, 0.2) is 12.3 Å². The van der Waals surface area contributed by atoms with E-state index in [1.807, 2.05) is 6.92 Å². The van der Waals surface area contributed by atoms with E-state index in [2.05, 4.69) is 10.3 Å². The summed E-state index contributed by atoms with van der Waals surface area (Å²) in [4.78, 5) is 3.80. The summed E-state index contributed by atoms with van der Waals surface area (Å²) in [5.41, 5.74) is 0. The van der Waals surface area contributed by atoms with Gasteiger partial charge in [-0.3, -0.25) is 0 Å². The number of rotatable bonds is 5. The molecule has 78 valence electrons. The van der Waals surface area contributed by atoms with Gasteiger partial charge in [-0.2, -0.15) is 0 Å². The lowest BCUT2D eigenvalue weighted by Crippen LogP contribution is -2.11. The van der Waals surface area contributed by atoms with Gasteiger partial charge in [-0.25, -0.2) is 9.37 Å². The Balaban J connectivity index is 2.42. The van der Waals surface area contributed by atoms with Gasteiger partial charge < -0.3 is 10.1 Å². The third-order valence-corrected chi connectivity index (χ3v) is 1.76. The van der Waals surface area contributed by atoms with E-state index in [0.29, 0.717) is 19.8 Å². The summed E-state index contributed by atoms with van der Waals surface area (Å²) in [6.45, 7) is 3.61. The summed E-state index contributed by atoms with van der Waals surface area (Å²) < 4.78 is 18.2. The van der Waals surface area contributed by atoms with E-state index < -0.39 is 5.82 Å². The number of anilines is 1. The number of nitrogens with zero attached hydrogens (tertiary/aromatic N) is 1. The molecule has 0 radical (unpaired) electrons. The van der Waals surface area contributed by atoms with E-state index in [4.69, 9.17) is 16.3 Å². The molecule has 1 rings (SSSR count). The van der Waals surface area contributed by atoms with Crippen LogP contribution in [0, 0.1) is 5.82 Å². The predicted molar refractivity (Wildman–Crippen MR) is 54.2 cm³/mol. The smallest absolute Gasteiger partial charge is 0.166 e. The van der Waals surface area contributed by atoms with Crippen LogP contribution in [0.2, 0.25) is 5.02 Å². The minimum atomic E-state index is -0.450. The number of hydrogen-bond donors (Lipinski definition) is 1. The topological polar surface area (TPSA) is 34.1 Å². The van der Waals surface area contributed by atoms with Crippen LogP contribution in [0.1, 0.15) is 6.92 Å². The fourth-order valence-corrected chi connectivity index (χ4v) is 1.08. The Morgan fingerprint density at radius 2 is 2.43 bits per heavy atom. The average Bonchev–Trinajstić information content (AvgIpc) is 2.15. The molecule has 5 heteroatoms. The summed E-state index contributed by atoms with van der Waals surface area (Å²) in [6, 6.07) is 1.22. The number of ether oxygens (including phenoxy) is 1. The molecule has 0 saturated carbocycles. The van der Waals surface area contributed by atoms with Crippen LogP contribution in [0.5, 0.6) is 0 Å². The van der Waals surface area contributed by atoms with E-state index in [1.165, 1.54) is 12.3 Å². The average molecular weight is 219 g/mol. The molecule has 0 aliphatic heterocycles. The van der Waals surface area contributed by atoms with Gasteiger partial charge in [0.05, 0.1) is 11.6 Å². The van der Waals surface area contributed by atoms with Crippen LogP contribution in [0.3, 0.4) is 0 Å². The van der Waals surface area contributed by atoms with Crippen molar-refractivity contribution in [2.45, 2.75) is 6.92 Å². The highest BCUT2D eigenvalue weighted by Crippen LogP contribution is 2.14. The molecule has 0 saturated heterocycles. The second kappa shape index (κ2) is 5.78. The van der Waals surface area contributed by atoms with Crippen molar-refractivity contribution < 1.29 is 9.13 Å². The minimum Gasteiger partial charge on any atom is -0.380 e. The molecule has 1 heterocycles. The van der Waals surface area contributed by atoms with Crippen LogP contribution < -0.4 is 5.32 Å². The zero-order valence-electron chi connectivity index (χ0n) is 7.89. The molecule has 3 nitrogen and oxygen atoms in total. The maximum absolute atomic E-state index is 13.1. The van der Waals surface area contributed by atoms with Gasteiger partial charge in [0.15, 0.2) is 11.6 Å². The first-order valence-corrected chi connectivity index (χ1v) is 4.74. The molecule has 0 aliphatic rings. The Morgan fingerprint density at radius 3 is 3.07 bits per heavy atom. The molecule has 14 heavy (non-hydrogen) atoms. The highest BCUT2D eigenvalue weighted by molar-refractivity contribution is 6.30. The Morgan fingerprint density at radius 1 is 1.64 bits per heavy atom. The summed E-state index contributed by atoms with van der Waals surface area (Å²) in [5.74, 6) is -0.247. The largest absolute Gasteiger partial charge is 0.380 e. The van der Waals surface area contributed by atoms with Crippen molar-refractivity contribution in [2.24, 2.45) is 0 Å². The Labute approximate surface area is 87.2 Å². The summed E-state index contributed by atoms with van der Waals surface area (Å²) in [6.07, 6.45) is 1.40. The first-order chi connectivity index (χ1) is 6.74. The maximum atomic E-state index is 13.1. The van der Waals surface area contributed by atoms with Crippen molar-refractivity contribution in [3.63, 3.8) is 0 Å². The highest BCUT2D eigenvalue weighted by Gasteiger charge is 2.02. The molecule has 0 aliphatic carbocycles. The predicted octanol–water partition coefficient (Wildman–Crippen LogP) is 2.32. The number of aromatic nitrogens is 1. The SMILES string of the molecule is CCOCCNc1ncc(Cl)cc1F. The lowest BCUT2D eigenvalue weighted by Gasteiger charge is -2.06. The third-order valence-electron chi connectivity index (χ3n) is 1.55. The molecule has 1 aromatic rings. The lowest BCUT2D eigenvalue weighted by molar-refractivity contribution is 0.158. The molecule has 0 unspecified atom stereocenters. The Bertz CT molecular complexity index is 296. The van der Waals surface area contributed by atoms with Crippen molar-refractivity contribution >= 4 is 17.4 Å². The third kappa shape index (κ3) is 3.47. The monoisotopic (exact) mass is 218 g/mol. The molecule has 0 spiro atoms.